The van der Waals surface area contributed by atoms with E-state index in [2.05, 4.69) is 4.98 Å². The first-order chi connectivity index (χ1) is 8.77. The molecule has 1 aliphatic carbocycles. The summed E-state index contributed by atoms with van der Waals surface area (Å²) in [6, 6.07) is 2.17. The van der Waals surface area contributed by atoms with Crippen molar-refractivity contribution in [2.75, 3.05) is 6.54 Å². The number of aromatic nitrogens is 1. The van der Waals surface area contributed by atoms with Crippen LogP contribution in [0.3, 0.4) is 0 Å². The number of nitrogens with zero attached hydrogens (tertiary/aromatic N) is 2. The van der Waals surface area contributed by atoms with Crippen molar-refractivity contribution in [1.82, 2.24) is 9.88 Å². The predicted molar refractivity (Wildman–Crippen MR) is 70.6 cm³/mol. The third-order valence-corrected chi connectivity index (χ3v) is 4.56. The summed E-state index contributed by atoms with van der Waals surface area (Å²) in [5, 5.41) is 0.461. The van der Waals surface area contributed by atoms with E-state index in [4.69, 9.17) is 11.6 Å². The fourth-order valence-electron chi connectivity index (χ4n) is 3.41. The van der Waals surface area contributed by atoms with Gasteiger partial charge in [0.05, 0.1) is 10.6 Å². The second-order valence-electron chi connectivity index (χ2n) is 5.25. The molecule has 1 aromatic heterocycles. The van der Waals surface area contributed by atoms with Gasteiger partial charge in [0.2, 0.25) is 0 Å². The summed E-state index contributed by atoms with van der Waals surface area (Å²) >= 11 is 6.07. The highest BCUT2D eigenvalue weighted by atomic mass is 35.5. The van der Waals surface area contributed by atoms with Gasteiger partial charge in [0.15, 0.2) is 0 Å². The minimum atomic E-state index is 0.0824. The van der Waals surface area contributed by atoms with E-state index in [1.54, 1.807) is 18.5 Å². The molecule has 4 heteroatoms. The largest absolute Gasteiger partial charge is 0.335 e. The lowest BCUT2D eigenvalue weighted by molar-refractivity contribution is 0.0548. The fourth-order valence-corrected chi connectivity index (χ4v) is 3.61. The molecule has 3 nitrogen and oxygen atoms in total. The third-order valence-electron chi connectivity index (χ3n) is 4.26. The highest BCUT2D eigenvalue weighted by Crippen LogP contribution is 2.37. The van der Waals surface area contributed by atoms with Gasteiger partial charge in [0, 0.05) is 25.0 Å². The first-order valence-corrected chi connectivity index (χ1v) is 7.05. The van der Waals surface area contributed by atoms with Gasteiger partial charge in [-0.25, -0.2) is 0 Å². The van der Waals surface area contributed by atoms with Crippen molar-refractivity contribution in [2.24, 2.45) is 5.92 Å². The highest BCUT2D eigenvalue weighted by molar-refractivity contribution is 6.33. The minimum absolute atomic E-state index is 0.0824. The number of amides is 1. The van der Waals surface area contributed by atoms with E-state index < -0.39 is 0 Å². The number of pyridine rings is 1. The molecule has 1 saturated heterocycles. The molecule has 1 saturated carbocycles. The van der Waals surface area contributed by atoms with Crippen molar-refractivity contribution in [3.63, 3.8) is 0 Å². The van der Waals surface area contributed by atoms with Crippen LogP contribution in [0.15, 0.2) is 18.5 Å². The minimum Gasteiger partial charge on any atom is -0.335 e. The second kappa shape index (κ2) is 4.88. The molecule has 2 atom stereocenters. The smallest absolute Gasteiger partial charge is 0.255 e. The Bertz CT molecular complexity index is 463. The zero-order chi connectivity index (χ0) is 12.5. The molecule has 2 heterocycles. The normalized spacial score (nSPS) is 27.1. The summed E-state index contributed by atoms with van der Waals surface area (Å²) in [6.07, 6.45) is 9.26. The Morgan fingerprint density at radius 2 is 2.17 bits per heavy atom. The van der Waals surface area contributed by atoms with Crippen LogP contribution in [-0.2, 0) is 0 Å². The molecule has 0 aromatic carbocycles. The van der Waals surface area contributed by atoms with Gasteiger partial charge in [-0.2, -0.15) is 0 Å². The number of hydrogen-bond donors (Lipinski definition) is 0. The summed E-state index contributed by atoms with van der Waals surface area (Å²) in [5.41, 5.74) is 0.596. The maximum atomic E-state index is 12.6. The van der Waals surface area contributed by atoms with Gasteiger partial charge in [-0.3, -0.25) is 9.78 Å². The topological polar surface area (TPSA) is 33.2 Å². The lowest BCUT2D eigenvalue weighted by atomic mass is 9.91. The molecule has 0 spiro atoms. The van der Waals surface area contributed by atoms with E-state index >= 15 is 0 Å². The lowest BCUT2D eigenvalue weighted by Crippen LogP contribution is -2.46. The zero-order valence-electron chi connectivity index (χ0n) is 10.3. The van der Waals surface area contributed by atoms with Crippen LogP contribution >= 0.6 is 11.6 Å². The van der Waals surface area contributed by atoms with Crippen LogP contribution in [0, 0.1) is 5.92 Å². The Hall–Kier alpha value is -1.09. The highest BCUT2D eigenvalue weighted by Gasteiger charge is 2.37. The van der Waals surface area contributed by atoms with Crippen LogP contribution in [0.1, 0.15) is 42.5 Å². The van der Waals surface area contributed by atoms with Crippen molar-refractivity contribution in [2.45, 2.75) is 38.1 Å². The molecule has 1 aliphatic heterocycles. The van der Waals surface area contributed by atoms with E-state index in [0.717, 1.165) is 19.4 Å². The quantitative estimate of drug-likeness (QED) is 0.781. The Morgan fingerprint density at radius 3 is 3.00 bits per heavy atom. The molecular formula is C14H17ClN2O. The van der Waals surface area contributed by atoms with Crippen LogP contribution in [0.25, 0.3) is 0 Å². The lowest BCUT2D eigenvalue weighted by Gasteiger charge is -2.38. The monoisotopic (exact) mass is 264 g/mol. The molecule has 1 aromatic rings. The molecule has 1 amide bonds. The predicted octanol–water partition coefficient (Wildman–Crippen LogP) is 3.14. The number of carbonyl (C=O) groups is 1. The Morgan fingerprint density at radius 1 is 1.33 bits per heavy atom. The molecule has 0 N–H and O–H groups in total. The molecule has 2 aliphatic rings. The Balaban J connectivity index is 1.86. The number of hydrogen-bond acceptors (Lipinski definition) is 2. The maximum Gasteiger partial charge on any atom is 0.255 e. The summed E-state index contributed by atoms with van der Waals surface area (Å²) in [7, 11) is 0. The average Bonchev–Trinajstić information content (AvgIpc) is 2.86. The summed E-state index contributed by atoms with van der Waals surface area (Å²) in [5.74, 6) is 0.794. The summed E-state index contributed by atoms with van der Waals surface area (Å²) in [4.78, 5) is 18.6. The number of likely N-dealkylation sites (tertiary alicyclic amines) is 1. The van der Waals surface area contributed by atoms with Crippen LogP contribution in [0.4, 0.5) is 0 Å². The fraction of sp³-hybridized carbons (Fsp3) is 0.571. The van der Waals surface area contributed by atoms with E-state index in [1.807, 2.05) is 4.90 Å². The van der Waals surface area contributed by atoms with Crippen molar-refractivity contribution >= 4 is 17.5 Å². The molecule has 0 bridgehead atoms. The van der Waals surface area contributed by atoms with Crippen molar-refractivity contribution in [1.29, 1.82) is 0 Å². The van der Waals surface area contributed by atoms with Gasteiger partial charge in [0.1, 0.15) is 0 Å². The van der Waals surface area contributed by atoms with Crippen molar-refractivity contribution in [3.05, 3.63) is 29.0 Å². The zero-order valence-corrected chi connectivity index (χ0v) is 11.1. The molecular weight excluding hydrogens is 248 g/mol. The molecule has 3 rings (SSSR count). The third kappa shape index (κ3) is 2.01. The molecule has 2 unspecified atom stereocenters. The van der Waals surface area contributed by atoms with Crippen LogP contribution in [0.5, 0.6) is 0 Å². The van der Waals surface area contributed by atoms with Crippen LogP contribution in [-0.4, -0.2) is 28.4 Å². The van der Waals surface area contributed by atoms with E-state index in [1.165, 1.54) is 19.3 Å². The van der Waals surface area contributed by atoms with E-state index in [0.29, 0.717) is 22.5 Å². The van der Waals surface area contributed by atoms with E-state index in [-0.39, 0.29) is 5.91 Å². The molecule has 0 radical (unpaired) electrons. The second-order valence-corrected chi connectivity index (χ2v) is 5.66. The average molecular weight is 265 g/mol. The van der Waals surface area contributed by atoms with Gasteiger partial charge < -0.3 is 4.90 Å². The summed E-state index contributed by atoms with van der Waals surface area (Å²) < 4.78 is 0. The maximum absolute atomic E-state index is 12.6. The number of halogens is 1. The number of carbonyl (C=O) groups excluding carboxylic acids is 1. The Kier molecular flexibility index (Phi) is 3.25. The first kappa shape index (κ1) is 12.0. The van der Waals surface area contributed by atoms with Gasteiger partial charge in [0.25, 0.3) is 5.91 Å². The molecule has 2 fully saturated rings. The van der Waals surface area contributed by atoms with Gasteiger partial charge in [-0.1, -0.05) is 18.0 Å². The van der Waals surface area contributed by atoms with Gasteiger partial charge in [-0.05, 0) is 37.7 Å². The summed E-state index contributed by atoms with van der Waals surface area (Å²) in [6.45, 7) is 0.874. The standard InChI is InChI=1S/C14H17ClN2O/c15-12-9-16-7-6-11(12)14(18)17-8-2-4-10-3-1-5-13(10)17/h6-7,9-10,13H,1-5,8H2. The SMILES string of the molecule is O=C(c1ccncc1Cl)N1CCCC2CCCC21. The van der Waals surface area contributed by atoms with E-state index in [9.17, 15) is 4.79 Å². The number of rotatable bonds is 1. The van der Waals surface area contributed by atoms with Gasteiger partial charge in [-0.15, -0.1) is 0 Å². The van der Waals surface area contributed by atoms with Crippen molar-refractivity contribution < 1.29 is 4.79 Å². The van der Waals surface area contributed by atoms with Gasteiger partial charge >= 0.3 is 0 Å². The van der Waals surface area contributed by atoms with Crippen LogP contribution < -0.4 is 0 Å². The number of fused-ring (bicyclic) bond motifs is 1. The molecule has 96 valence electrons. The molecule has 18 heavy (non-hydrogen) atoms. The number of piperidine rings is 1. The Labute approximate surface area is 112 Å². The first-order valence-electron chi connectivity index (χ1n) is 6.68. The van der Waals surface area contributed by atoms with Crippen molar-refractivity contribution in [3.8, 4) is 0 Å². The van der Waals surface area contributed by atoms with Crippen LogP contribution in [0.2, 0.25) is 5.02 Å².